The molecule has 1 aromatic rings. The van der Waals surface area contributed by atoms with Crippen molar-refractivity contribution in [1.82, 2.24) is 10.3 Å². The number of hydrogen-bond donors (Lipinski definition) is 1. The predicted octanol–water partition coefficient (Wildman–Crippen LogP) is 1.70. The third kappa shape index (κ3) is 3.14. The monoisotopic (exact) mass is 220 g/mol. The second-order valence-electron chi connectivity index (χ2n) is 2.88. The molecule has 3 nitrogen and oxygen atoms in total. The van der Waals surface area contributed by atoms with E-state index in [0.717, 1.165) is 24.7 Å². The second-order valence-corrected chi connectivity index (χ2v) is 3.74. The lowest BCUT2D eigenvalue weighted by atomic mass is 10.1. The van der Waals surface area contributed by atoms with Crippen LogP contribution in [0.2, 0.25) is 0 Å². The molecule has 1 fully saturated rings. The van der Waals surface area contributed by atoms with Crippen LogP contribution < -0.4 is 10.1 Å². The molecule has 0 saturated carbocycles. The van der Waals surface area contributed by atoms with E-state index in [9.17, 15) is 0 Å². The number of halogens is 1. The Hall–Kier alpha value is -0.320. The molecule has 0 spiro atoms. The van der Waals surface area contributed by atoms with Gasteiger partial charge in [0.05, 0.1) is 0 Å². The number of hydrogen-bond acceptors (Lipinski definition) is 4. The Bertz CT molecular complexity index is 224. The molecule has 0 radical (unpaired) electrons. The number of ether oxygens (including phenoxy) is 1. The van der Waals surface area contributed by atoms with Gasteiger partial charge in [0.25, 0.3) is 5.19 Å². The quantitative estimate of drug-likeness (QED) is 0.824. The van der Waals surface area contributed by atoms with Crippen LogP contribution in [0.3, 0.4) is 0 Å². The van der Waals surface area contributed by atoms with Crippen LogP contribution in [0.1, 0.15) is 12.8 Å². The maximum atomic E-state index is 5.64. The van der Waals surface area contributed by atoms with Crippen LogP contribution >= 0.6 is 23.7 Å². The van der Waals surface area contributed by atoms with E-state index in [1.807, 2.05) is 5.38 Å². The van der Waals surface area contributed by atoms with Gasteiger partial charge in [-0.2, -0.15) is 0 Å². The third-order valence-corrected chi connectivity index (χ3v) is 2.59. The van der Waals surface area contributed by atoms with E-state index in [2.05, 4.69) is 10.3 Å². The van der Waals surface area contributed by atoms with E-state index >= 15 is 0 Å². The highest BCUT2D eigenvalue weighted by atomic mass is 35.5. The summed E-state index contributed by atoms with van der Waals surface area (Å²) in [5.41, 5.74) is 0. The van der Waals surface area contributed by atoms with Crippen molar-refractivity contribution < 1.29 is 4.74 Å². The highest BCUT2D eigenvalue weighted by Crippen LogP contribution is 2.17. The Kier molecular flexibility index (Phi) is 4.48. The van der Waals surface area contributed by atoms with Crippen molar-refractivity contribution in [2.75, 3.05) is 13.1 Å². The number of aromatic nitrogens is 1. The summed E-state index contributed by atoms with van der Waals surface area (Å²) in [6.07, 6.45) is 4.45. The molecule has 1 unspecified atom stereocenters. The van der Waals surface area contributed by atoms with Gasteiger partial charge in [-0.15, -0.1) is 12.4 Å². The van der Waals surface area contributed by atoms with Gasteiger partial charge in [0, 0.05) is 18.1 Å². The van der Waals surface area contributed by atoms with Crippen LogP contribution in [0.15, 0.2) is 11.6 Å². The first-order valence-corrected chi connectivity index (χ1v) is 5.10. The predicted molar refractivity (Wildman–Crippen MR) is 55.9 cm³/mol. The minimum Gasteiger partial charge on any atom is -0.465 e. The van der Waals surface area contributed by atoms with Crippen molar-refractivity contribution in [3.05, 3.63) is 11.6 Å². The van der Waals surface area contributed by atoms with Crippen LogP contribution in [0.5, 0.6) is 5.19 Å². The minimum absolute atomic E-state index is 0. The zero-order valence-electron chi connectivity index (χ0n) is 7.23. The van der Waals surface area contributed by atoms with E-state index in [1.165, 1.54) is 6.42 Å². The molecule has 2 heterocycles. The van der Waals surface area contributed by atoms with E-state index in [4.69, 9.17) is 4.74 Å². The third-order valence-electron chi connectivity index (χ3n) is 1.93. The van der Waals surface area contributed by atoms with Gasteiger partial charge >= 0.3 is 0 Å². The van der Waals surface area contributed by atoms with Gasteiger partial charge < -0.3 is 10.1 Å². The summed E-state index contributed by atoms with van der Waals surface area (Å²) < 4.78 is 5.64. The highest BCUT2D eigenvalue weighted by molar-refractivity contribution is 7.11. The molecule has 74 valence electrons. The summed E-state index contributed by atoms with van der Waals surface area (Å²) in [4.78, 5) is 4.08. The average molecular weight is 221 g/mol. The second kappa shape index (κ2) is 5.42. The van der Waals surface area contributed by atoms with Gasteiger partial charge in [-0.3, -0.25) is 0 Å². The SMILES string of the molecule is Cl.c1csc(OC2CCCNC2)n1. The fourth-order valence-corrected chi connectivity index (χ4v) is 1.88. The zero-order valence-corrected chi connectivity index (χ0v) is 8.87. The van der Waals surface area contributed by atoms with Crippen LogP contribution in [0, 0.1) is 0 Å². The van der Waals surface area contributed by atoms with Crippen molar-refractivity contribution in [2.45, 2.75) is 18.9 Å². The summed E-state index contributed by atoms with van der Waals surface area (Å²) in [5, 5.41) is 6.03. The highest BCUT2D eigenvalue weighted by Gasteiger charge is 2.14. The zero-order chi connectivity index (χ0) is 8.23. The molecule has 0 aliphatic carbocycles. The lowest BCUT2D eigenvalue weighted by Gasteiger charge is -2.22. The number of piperidine rings is 1. The Morgan fingerprint density at radius 3 is 3.15 bits per heavy atom. The van der Waals surface area contributed by atoms with Gasteiger partial charge in [0.1, 0.15) is 6.10 Å². The molecule has 5 heteroatoms. The number of thiazole rings is 1. The number of rotatable bonds is 2. The van der Waals surface area contributed by atoms with Gasteiger partial charge in [-0.1, -0.05) is 11.3 Å². The van der Waals surface area contributed by atoms with E-state index in [0.29, 0.717) is 6.10 Å². The molecule has 1 saturated heterocycles. The standard InChI is InChI=1S/C8H12N2OS.ClH/c1-2-7(6-9-3-1)11-8-10-4-5-12-8;/h4-5,7,9H,1-3,6H2;1H. The fraction of sp³-hybridized carbons (Fsp3) is 0.625. The summed E-state index contributed by atoms with van der Waals surface area (Å²) in [6, 6.07) is 0. The first-order valence-electron chi connectivity index (χ1n) is 4.22. The maximum Gasteiger partial charge on any atom is 0.273 e. The Labute approximate surface area is 87.9 Å². The molecular formula is C8H13ClN2OS. The first-order chi connectivity index (χ1) is 5.95. The van der Waals surface area contributed by atoms with Gasteiger partial charge in [-0.05, 0) is 19.4 Å². The molecule has 1 N–H and O–H groups in total. The molecule has 1 atom stereocenters. The Morgan fingerprint density at radius 1 is 1.62 bits per heavy atom. The van der Waals surface area contributed by atoms with Gasteiger partial charge in [-0.25, -0.2) is 4.98 Å². The maximum absolute atomic E-state index is 5.64. The largest absolute Gasteiger partial charge is 0.465 e. The van der Waals surface area contributed by atoms with Crippen LogP contribution in [0.25, 0.3) is 0 Å². The van der Waals surface area contributed by atoms with Crippen LogP contribution in [0.4, 0.5) is 0 Å². The van der Waals surface area contributed by atoms with Gasteiger partial charge in [0.15, 0.2) is 0 Å². The van der Waals surface area contributed by atoms with E-state index in [-0.39, 0.29) is 12.4 Å². The van der Waals surface area contributed by atoms with E-state index in [1.54, 1.807) is 17.5 Å². The van der Waals surface area contributed by atoms with E-state index < -0.39 is 0 Å². The summed E-state index contributed by atoms with van der Waals surface area (Å²) >= 11 is 1.56. The number of nitrogens with one attached hydrogen (secondary N) is 1. The topological polar surface area (TPSA) is 34.1 Å². The fourth-order valence-electron chi connectivity index (χ4n) is 1.33. The summed E-state index contributed by atoms with van der Waals surface area (Å²) in [7, 11) is 0. The molecule has 0 aromatic carbocycles. The van der Waals surface area contributed by atoms with Crippen molar-refractivity contribution in [1.29, 1.82) is 0 Å². The van der Waals surface area contributed by atoms with Crippen molar-refractivity contribution in [3.8, 4) is 5.19 Å². The Morgan fingerprint density at radius 2 is 2.54 bits per heavy atom. The smallest absolute Gasteiger partial charge is 0.273 e. The lowest BCUT2D eigenvalue weighted by Crippen LogP contribution is -2.37. The molecule has 0 bridgehead atoms. The normalized spacial score (nSPS) is 22.0. The first kappa shape index (κ1) is 10.8. The summed E-state index contributed by atoms with van der Waals surface area (Å²) in [6.45, 7) is 2.08. The van der Waals surface area contributed by atoms with Crippen molar-refractivity contribution in [2.24, 2.45) is 0 Å². The molecular weight excluding hydrogens is 208 g/mol. The molecule has 1 aromatic heterocycles. The lowest BCUT2D eigenvalue weighted by molar-refractivity contribution is 0.166. The van der Waals surface area contributed by atoms with Crippen molar-refractivity contribution in [3.63, 3.8) is 0 Å². The molecule has 0 amide bonds. The van der Waals surface area contributed by atoms with Crippen molar-refractivity contribution >= 4 is 23.7 Å². The molecule has 13 heavy (non-hydrogen) atoms. The summed E-state index contributed by atoms with van der Waals surface area (Å²) in [5.74, 6) is 0. The number of nitrogens with zero attached hydrogens (tertiary/aromatic N) is 1. The van der Waals surface area contributed by atoms with Crippen LogP contribution in [-0.2, 0) is 0 Å². The molecule has 1 aliphatic rings. The molecule has 2 rings (SSSR count). The Balaban J connectivity index is 0.000000845. The average Bonchev–Trinajstić information content (AvgIpc) is 2.59. The van der Waals surface area contributed by atoms with Gasteiger partial charge in [0.2, 0.25) is 0 Å². The van der Waals surface area contributed by atoms with Crippen LogP contribution in [-0.4, -0.2) is 24.2 Å². The minimum atomic E-state index is 0. The molecule has 1 aliphatic heterocycles.